The third kappa shape index (κ3) is 2.34. The summed E-state index contributed by atoms with van der Waals surface area (Å²) >= 11 is 0. The molecule has 2 heterocycles. The molecule has 1 aliphatic rings. The number of aliphatic hydroxyl groups is 3. The van der Waals surface area contributed by atoms with Gasteiger partial charge in [0.05, 0.1) is 6.61 Å². The normalized spacial score (nSPS) is 34.0. The van der Waals surface area contributed by atoms with Crippen LogP contribution in [0.15, 0.2) is 17.1 Å². The topological polar surface area (TPSA) is 131 Å². The van der Waals surface area contributed by atoms with E-state index in [1.807, 2.05) is 13.1 Å². The fourth-order valence-corrected chi connectivity index (χ4v) is 6.43. The first-order valence-electron chi connectivity index (χ1n) is 7.98. The van der Waals surface area contributed by atoms with Crippen molar-refractivity contribution in [1.82, 2.24) is 9.55 Å². The van der Waals surface area contributed by atoms with E-state index in [1.54, 1.807) is 20.8 Å². The molecule has 0 aliphatic carbocycles. The number of aliphatic hydroxyl groups excluding tert-OH is 2. The first-order valence-corrected chi connectivity index (χ1v) is 10.9. The van der Waals surface area contributed by atoms with Crippen molar-refractivity contribution in [2.45, 2.75) is 57.0 Å². The molecular weight excluding hydrogens is 330 g/mol. The second-order valence-electron chi connectivity index (χ2n) is 7.66. The number of nitrogens with zero attached hydrogens (tertiary/aromatic N) is 2. The van der Waals surface area contributed by atoms with Crippen molar-refractivity contribution < 1.29 is 20.1 Å². The Morgan fingerprint density at radius 1 is 1.46 bits per heavy atom. The second-order valence-corrected chi connectivity index (χ2v) is 10.7. The van der Waals surface area contributed by atoms with E-state index in [4.69, 9.17) is 10.5 Å². The highest BCUT2D eigenvalue weighted by molar-refractivity contribution is 6.58. The molecule has 1 fully saturated rings. The predicted molar refractivity (Wildman–Crippen MR) is 92.1 cm³/mol. The van der Waals surface area contributed by atoms with Crippen LogP contribution in [0.4, 0.5) is 5.82 Å². The van der Waals surface area contributed by atoms with Crippen molar-refractivity contribution in [3.63, 3.8) is 0 Å². The Hall–Kier alpha value is -1.26. The van der Waals surface area contributed by atoms with Crippen molar-refractivity contribution in [2.75, 3.05) is 12.3 Å². The fourth-order valence-electron chi connectivity index (χ4n) is 3.75. The highest BCUT2D eigenvalue weighted by atomic mass is 28.3. The first-order chi connectivity index (χ1) is 10.9. The van der Waals surface area contributed by atoms with E-state index >= 15 is 0 Å². The number of aromatic nitrogens is 2. The van der Waals surface area contributed by atoms with Crippen LogP contribution in [-0.4, -0.2) is 58.1 Å². The summed E-state index contributed by atoms with van der Waals surface area (Å²) in [6.45, 7) is 8.64. The zero-order valence-electron chi connectivity index (χ0n) is 14.7. The van der Waals surface area contributed by atoms with Gasteiger partial charge >= 0.3 is 5.69 Å². The third-order valence-electron chi connectivity index (χ3n) is 4.95. The van der Waals surface area contributed by atoms with Gasteiger partial charge in [-0.05, 0) is 11.5 Å². The number of anilines is 1. The fraction of sp³-hybridized carbons (Fsp3) is 0.733. The lowest BCUT2D eigenvalue weighted by Gasteiger charge is -2.51. The lowest BCUT2D eigenvalue weighted by Crippen LogP contribution is -2.70. The molecule has 2 rings (SSSR count). The Morgan fingerprint density at radius 3 is 2.46 bits per heavy atom. The molecule has 0 aromatic carbocycles. The highest BCUT2D eigenvalue weighted by Gasteiger charge is 2.71. The summed E-state index contributed by atoms with van der Waals surface area (Å²) in [7, 11) is -2.01. The Balaban J connectivity index is 2.86. The Labute approximate surface area is 142 Å². The van der Waals surface area contributed by atoms with E-state index in [0.29, 0.717) is 0 Å². The van der Waals surface area contributed by atoms with Crippen LogP contribution in [0.5, 0.6) is 0 Å². The van der Waals surface area contributed by atoms with E-state index in [-0.39, 0.29) is 5.82 Å². The number of nitrogens with two attached hydrogens (primary N) is 1. The minimum absolute atomic E-state index is 0.0633. The maximum absolute atomic E-state index is 12.5. The van der Waals surface area contributed by atoms with Gasteiger partial charge in [0, 0.05) is 6.20 Å². The molecule has 1 saturated heterocycles. The SMILES string of the molecule is C[SiH](C)[C@@]1(n2ccc(N)nc2=O)O[C@H](CO)[C@@H](O)[C@]1(O)C(C)(C)C. The molecule has 1 aromatic heterocycles. The molecule has 0 spiro atoms. The van der Waals surface area contributed by atoms with Crippen LogP contribution < -0.4 is 11.4 Å². The van der Waals surface area contributed by atoms with E-state index in [1.165, 1.54) is 16.8 Å². The van der Waals surface area contributed by atoms with Gasteiger partial charge < -0.3 is 25.8 Å². The molecular formula is C15H27N3O5Si. The molecule has 0 radical (unpaired) electrons. The van der Waals surface area contributed by atoms with Gasteiger partial charge in [0.1, 0.15) is 32.4 Å². The quantitative estimate of drug-likeness (QED) is 0.512. The van der Waals surface area contributed by atoms with Gasteiger partial charge in [-0.2, -0.15) is 4.98 Å². The monoisotopic (exact) mass is 357 g/mol. The van der Waals surface area contributed by atoms with Gasteiger partial charge in [0.15, 0.2) is 5.35 Å². The van der Waals surface area contributed by atoms with Crippen molar-refractivity contribution in [2.24, 2.45) is 5.41 Å². The average molecular weight is 357 g/mol. The molecule has 0 saturated carbocycles. The molecule has 0 bridgehead atoms. The molecule has 0 unspecified atom stereocenters. The molecule has 9 heteroatoms. The summed E-state index contributed by atoms with van der Waals surface area (Å²) in [6.07, 6.45) is -0.934. The largest absolute Gasteiger partial charge is 0.394 e. The lowest BCUT2D eigenvalue weighted by molar-refractivity contribution is -0.198. The molecule has 1 aliphatic heterocycles. The minimum atomic E-state index is -2.01. The summed E-state index contributed by atoms with van der Waals surface area (Å²) in [5, 5.41) is 30.5. The zero-order chi connectivity index (χ0) is 18.5. The molecule has 0 amide bonds. The van der Waals surface area contributed by atoms with E-state index in [0.717, 1.165) is 0 Å². The predicted octanol–water partition coefficient (Wildman–Crippen LogP) is -0.967. The maximum Gasteiger partial charge on any atom is 0.351 e. The van der Waals surface area contributed by atoms with Crippen LogP contribution in [0.25, 0.3) is 0 Å². The van der Waals surface area contributed by atoms with Crippen molar-refractivity contribution >= 4 is 14.6 Å². The summed E-state index contributed by atoms with van der Waals surface area (Å²) in [5.74, 6) is 0.0633. The molecule has 1 aromatic rings. The van der Waals surface area contributed by atoms with E-state index in [9.17, 15) is 20.1 Å². The number of hydrogen-bond donors (Lipinski definition) is 4. The van der Waals surface area contributed by atoms with Crippen LogP contribution in [0.2, 0.25) is 13.1 Å². The smallest absolute Gasteiger partial charge is 0.351 e. The summed E-state index contributed by atoms with van der Waals surface area (Å²) in [6, 6.07) is 1.45. The van der Waals surface area contributed by atoms with Gasteiger partial charge in [0.25, 0.3) is 0 Å². The van der Waals surface area contributed by atoms with Crippen LogP contribution in [-0.2, 0) is 10.1 Å². The Morgan fingerprint density at radius 2 is 2.04 bits per heavy atom. The van der Waals surface area contributed by atoms with E-state index < -0.39 is 49.7 Å². The molecule has 8 nitrogen and oxygen atoms in total. The van der Waals surface area contributed by atoms with Crippen LogP contribution in [0, 0.1) is 5.41 Å². The second kappa shape index (κ2) is 5.92. The van der Waals surface area contributed by atoms with Crippen molar-refractivity contribution in [3.05, 3.63) is 22.7 Å². The molecule has 136 valence electrons. The van der Waals surface area contributed by atoms with Gasteiger partial charge in [-0.25, -0.2) is 4.79 Å². The van der Waals surface area contributed by atoms with Crippen molar-refractivity contribution in [3.8, 4) is 0 Å². The van der Waals surface area contributed by atoms with Crippen LogP contribution >= 0.6 is 0 Å². The highest BCUT2D eigenvalue weighted by Crippen LogP contribution is 2.53. The Bertz CT molecular complexity index is 674. The number of rotatable bonds is 3. The van der Waals surface area contributed by atoms with E-state index in [2.05, 4.69) is 4.98 Å². The van der Waals surface area contributed by atoms with Crippen molar-refractivity contribution in [1.29, 1.82) is 0 Å². The number of hydrogen-bond acceptors (Lipinski definition) is 7. The van der Waals surface area contributed by atoms with Gasteiger partial charge in [0.2, 0.25) is 0 Å². The van der Waals surface area contributed by atoms with Gasteiger partial charge in [-0.1, -0.05) is 33.9 Å². The summed E-state index contributed by atoms with van der Waals surface area (Å²) in [4.78, 5) is 16.3. The van der Waals surface area contributed by atoms with Crippen LogP contribution in [0.1, 0.15) is 20.8 Å². The third-order valence-corrected chi connectivity index (χ3v) is 7.37. The number of ether oxygens (including phenoxy) is 1. The first kappa shape index (κ1) is 19.1. The maximum atomic E-state index is 12.5. The summed E-state index contributed by atoms with van der Waals surface area (Å²) < 4.78 is 7.24. The molecule has 5 N–H and O–H groups in total. The van der Waals surface area contributed by atoms with Crippen LogP contribution in [0.3, 0.4) is 0 Å². The average Bonchev–Trinajstić information content (AvgIpc) is 2.70. The zero-order valence-corrected chi connectivity index (χ0v) is 15.9. The molecule has 24 heavy (non-hydrogen) atoms. The van der Waals surface area contributed by atoms with Gasteiger partial charge in [-0.15, -0.1) is 0 Å². The lowest BCUT2D eigenvalue weighted by atomic mass is 9.71. The Kier molecular flexibility index (Phi) is 4.70. The summed E-state index contributed by atoms with van der Waals surface area (Å²) in [5.41, 5.74) is 2.28. The minimum Gasteiger partial charge on any atom is -0.394 e. The standard InChI is InChI=1S/C15H27N3O5Si/c1-13(2,3)14(22)11(20)9(8-19)23-15(14,24(4)5)18-7-6-10(16)17-12(18)21/h6-7,9,11,19-20,22,24H,8H2,1-5H3,(H2,16,17,21)/t9-,11-,14+,15+/m1/s1. The molecule has 4 atom stereocenters. The van der Waals surface area contributed by atoms with Gasteiger partial charge in [-0.3, -0.25) is 4.57 Å². The number of nitrogen functional groups attached to an aromatic ring is 1.